The average molecular weight is 420 g/mol. The first-order valence-corrected chi connectivity index (χ1v) is 10.8. The maximum atomic E-state index is 12.6. The summed E-state index contributed by atoms with van der Waals surface area (Å²) < 4.78 is 38.1. The Balaban J connectivity index is 1.56. The van der Waals surface area contributed by atoms with Crippen LogP contribution in [0.5, 0.6) is 11.5 Å². The Labute approximate surface area is 170 Å². The number of methoxy groups -OCH3 is 2. The molecule has 0 bridgehead atoms. The van der Waals surface area contributed by atoms with Crippen molar-refractivity contribution >= 4 is 21.7 Å². The van der Waals surface area contributed by atoms with Crippen molar-refractivity contribution in [1.82, 2.24) is 9.62 Å². The first-order valence-electron chi connectivity index (χ1n) is 9.27. The lowest BCUT2D eigenvalue weighted by Gasteiger charge is -2.32. The predicted octanol–water partition coefficient (Wildman–Crippen LogP) is 2.68. The van der Waals surface area contributed by atoms with Crippen LogP contribution in [0.1, 0.15) is 12.8 Å². The molecule has 2 aromatic rings. The Morgan fingerprint density at radius 3 is 2.14 bits per heavy atom. The molecule has 1 heterocycles. The number of likely N-dealkylation sites (tertiary alicyclic amines) is 1. The summed E-state index contributed by atoms with van der Waals surface area (Å²) in [6.45, 7) is 0.907. The molecule has 8 nitrogen and oxygen atoms in total. The molecule has 0 atom stereocenters. The van der Waals surface area contributed by atoms with Crippen molar-refractivity contribution < 1.29 is 22.7 Å². The van der Waals surface area contributed by atoms with E-state index in [0.29, 0.717) is 43.1 Å². The molecule has 0 spiro atoms. The quantitative estimate of drug-likeness (QED) is 0.750. The SMILES string of the molecule is COc1cc(NC(=O)N2CCC(NS(=O)(=O)c3ccccc3)CC2)cc(OC)c1. The number of anilines is 1. The molecule has 1 fully saturated rings. The fourth-order valence-electron chi connectivity index (χ4n) is 3.17. The van der Waals surface area contributed by atoms with Crippen LogP contribution in [-0.4, -0.2) is 52.7 Å². The number of rotatable bonds is 6. The molecule has 2 aromatic carbocycles. The van der Waals surface area contributed by atoms with E-state index in [2.05, 4.69) is 10.0 Å². The molecule has 0 radical (unpaired) electrons. The van der Waals surface area contributed by atoms with E-state index in [0.717, 1.165) is 0 Å². The van der Waals surface area contributed by atoms with Crippen LogP contribution in [-0.2, 0) is 10.0 Å². The zero-order chi connectivity index (χ0) is 20.9. The van der Waals surface area contributed by atoms with Gasteiger partial charge in [0.15, 0.2) is 0 Å². The van der Waals surface area contributed by atoms with Gasteiger partial charge in [-0.3, -0.25) is 0 Å². The zero-order valence-electron chi connectivity index (χ0n) is 16.4. The second-order valence-electron chi connectivity index (χ2n) is 6.73. The van der Waals surface area contributed by atoms with Crippen LogP contribution >= 0.6 is 0 Å². The summed E-state index contributed by atoms with van der Waals surface area (Å²) in [5.74, 6) is 1.15. The molecule has 2 N–H and O–H groups in total. The van der Waals surface area contributed by atoms with Crippen molar-refractivity contribution in [3.8, 4) is 11.5 Å². The van der Waals surface area contributed by atoms with Crippen LogP contribution in [0.3, 0.4) is 0 Å². The number of piperidine rings is 1. The van der Waals surface area contributed by atoms with Gasteiger partial charge in [-0.2, -0.15) is 0 Å². The fraction of sp³-hybridized carbons (Fsp3) is 0.350. The summed E-state index contributed by atoms with van der Waals surface area (Å²) in [5.41, 5.74) is 0.568. The van der Waals surface area contributed by atoms with Crippen molar-refractivity contribution in [2.45, 2.75) is 23.8 Å². The number of benzene rings is 2. The maximum Gasteiger partial charge on any atom is 0.321 e. The maximum absolute atomic E-state index is 12.6. The van der Waals surface area contributed by atoms with E-state index in [4.69, 9.17) is 9.47 Å². The van der Waals surface area contributed by atoms with Gasteiger partial charge in [0, 0.05) is 43.0 Å². The van der Waals surface area contributed by atoms with Gasteiger partial charge in [-0.15, -0.1) is 0 Å². The van der Waals surface area contributed by atoms with Gasteiger partial charge in [0.1, 0.15) is 11.5 Å². The summed E-state index contributed by atoms with van der Waals surface area (Å²) >= 11 is 0. The van der Waals surface area contributed by atoms with Gasteiger partial charge in [-0.05, 0) is 25.0 Å². The average Bonchev–Trinajstić information content (AvgIpc) is 2.74. The van der Waals surface area contributed by atoms with E-state index in [-0.39, 0.29) is 17.0 Å². The molecular formula is C20H25N3O5S. The van der Waals surface area contributed by atoms with Gasteiger partial charge in [0.25, 0.3) is 0 Å². The third kappa shape index (κ3) is 5.39. The smallest absolute Gasteiger partial charge is 0.321 e. The van der Waals surface area contributed by atoms with Crippen molar-refractivity contribution in [3.05, 3.63) is 48.5 Å². The monoisotopic (exact) mass is 419 g/mol. The molecule has 1 aliphatic rings. The van der Waals surface area contributed by atoms with E-state index in [1.165, 1.54) is 0 Å². The molecule has 1 saturated heterocycles. The number of hydrogen-bond acceptors (Lipinski definition) is 5. The number of urea groups is 1. The van der Waals surface area contributed by atoms with E-state index in [9.17, 15) is 13.2 Å². The molecule has 2 amide bonds. The number of ether oxygens (including phenoxy) is 2. The van der Waals surface area contributed by atoms with Crippen LogP contribution < -0.4 is 19.5 Å². The lowest BCUT2D eigenvalue weighted by molar-refractivity contribution is 0.193. The minimum atomic E-state index is -3.56. The van der Waals surface area contributed by atoms with Crippen LogP contribution in [0, 0.1) is 0 Å². The van der Waals surface area contributed by atoms with E-state index in [1.54, 1.807) is 67.7 Å². The summed E-state index contributed by atoms with van der Waals surface area (Å²) in [6.07, 6.45) is 1.09. The number of hydrogen-bond donors (Lipinski definition) is 2. The number of sulfonamides is 1. The fourth-order valence-corrected chi connectivity index (χ4v) is 4.50. The first-order chi connectivity index (χ1) is 13.9. The van der Waals surface area contributed by atoms with Crippen molar-refractivity contribution in [2.75, 3.05) is 32.6 Å². The van der Waals surface area contributed by atoms with Gasteiger partial charge >= 0.3 is 6.03 Å². The largest absolute Gasteiger partial charge is 0.497 e. The third-order valence-electron chi connectivity index (χ3n) is 4.76. The standard InChI is InChI=1S/C20H25N3O5S/c1-27-17-12-16(13-18(14-17)28-2)21-20(24)23-10-8-15(9-11-23)22-29(25,26)19-6-4-3-5-7-19/h3-7,12-15,22H,8-11H2,1-2H3,(H,21,24). The second-order valence-corrected chi connectivity index (χ2v) is 8.44. The minimum absolute atomic E-state index is 0.207. The zero-order valence-corrected chi connectivity index (χ0v) is 17.2. The third-order valence-corrected chi connectivity index (χ3v) is 6.30. The van der Waals surface area contributed by atoms with Crippen LogP contribution in [0.2, 0.25) is 0 Å². The lowest BCUT2D eigenvalue weighted by Crippen LogP contribution is -2.47. The predicted molar refractivity (Wildman–Crippen MR) is 110 cm³/mol. The Kier molecular flexibility index (Phi) is 6.60. The summed E-state index contributed by atoms with van der Waals surface area (Å²) in [5, 5.41) is 2.84. The van der Waals surface area contributed by atoms with Gasteiger partial charge in [0.05, 0.1) is 19.1 Å². The number of nitrogens with one attached hydrogen (secondary N) is 2. The summed E-state index contributed by atoms with van der Waals surface area (Å²) in [4.78, 5) is 14.5. The lowest BCUT2D eigenvalue weighted by atomic mass is 10.1. The Morgan fingerprint density at radius 2 is 1.59 bits per heavy atom. The molecule has 0 aromatic heterocycles. The van der Waals surface area contributed by atoms with Gasteiger partial charge in [0.2, 0.25) is 10.0 Å². The van der Waals surface area contributed by atoms with Crippen LogP contribution in [0.25, 0.3) is 0 Å². The van der Waals surface area contributed by atoms with E-state index >= 15 is 0 Å². The number of carbonyl (C=O) groups excluding carboxylic acids is 1. The van der Waals surface area contributed by atoms with Gasteiger partial charge < -0.3 is 19.7 Å². The molecular weight excluding hydrogens is 394 g/mol. The number of amides is 2. The Bertz CT molecular complexity index is 920. The van der Waals surface area contributed by atoms with Crippen molar-refractivity contribution in [1.29, 1.82) is 0 Å². The highest BCUT2D eigenvalue weighted by Gasteiger charge is 2.26. The summed E-state index contributed by atoms with van der Waals surface area (Å²) in [7, 11) is -0.472. The summed E-state index contributed by atoms with van der Waals surface area (Å²) in [6, 6.07) is 13.0. The molecule has 0 saturated carbocycles. The van der Waals surface area contributed by atoms with E-state index in [1.807, 2.05) is 0 Å². The molecule has 3 rings (SSSR count). The topological polar surface area (TPSA) is 97.0 Å². The molecule has 0 aliphatic carbocycles. The number of carbonyl (C=O) groups is 1. The van der Waals surface area contributed by atoms with Crippen molar-refractivity contribution in [3.63, 3.8) is 0 Å². The Morgan fingerprint density at radius 1 is 1.00 bits per heavy atom. The molecule has 1 aliphatic heterocycles. The van der Waals surface area contributed by atoms with Gasteiger partial charge in [-0.1, -0.05) is 18.2 Å². The molecule has 29 heavy (non-hydrogen) atoms. The van der Waals surface area contributed by atoms with Gasteiger partial charge in [-0.25, -0.2) is 17.9 Å². The highest BCUT2D eigenvalue weighted by atomic mass is 32.2. The Hall–Kier alpha value is -2.78. The van der Waals surface area contributed by atoms with E-state index < -0.39 is 10.0 Å². The highest BCUT2D eigenvalue weighted by molar-refractivity contribution is 7.89. The normalized spacial score (nSPS) is 15.0. The minimum Gasteiger partial charge on any atom is -0.497 e. The van der Waals surface area contributed by atoms with Crippen LogP contribution in [0.15, 0.2) is 53.4 Å². The molecule has 9 heteroatoms. The first kappa shape index (κ1) is 20.9. The highest BCUT2D eigenvalue weighted by Crippen LogP contribution is 2.26. The molecule has 156 valence electrons. The second kappa shape index (κ2) is 9.15. The number of nitrogens with zero attached hydrogens (tertiary/aromatic N) is 1. The molecule has 0 unspecified atom stereocenters. The van der Waals surface area contributed by atoms with Crippen LogP contribution in [0.4, 0.5) is 10.5 Å². The van der Waals surface area contributed by atoms with Crippen molar-refractivity contribution in [2.24, 2.45) is 0 Å².